The Bertz CT molecular complexity index is 938. The third-order valence-corrected chi connectivity index (χ3v) is 7.83. The number of hydrogen-bond donors (Lipinski definition) is 0. The zero-order chi connectivity index (χ0) is 24.0. The first-order valence-electron chi connectivity index (χ1n) is 12.0. The molecule has 3 aromatic rings. The predicted octanol–water partition coefficient (Wildman–Crippen LogP) is 3.28. The summed E-state index contributed by atoms with van der Waals surface area (Å²) in [5, 5.41) is 3.52. The number of para-hydroxylation sites is 2. The highest BCUT2D eigenvalue weighted by molar-refractivity contribution is 7.80. The molecule has 0 aliphatic carbocycles. The van der Waals surface area contributed by atoms with Crippen LogP contribution in [-0.2, 0) is 18.9 Å². The van der Waals surface area contributed by atoms with Crippen molar-refractivity contribution < 1.29 is 28.4 Å². The number of hydrogen-bond acceptors (Lipinski definition) is 6. The zero-order valence-electron chi connectivity index (χ0n) is 20.0. The van der Waals surface area contributed by atoms with Gasteiger partial charge in [-0.15, -0.1) is 0 Å². The van der Waals surface area contributed by atoms with E-state index in [4.69, 9.17) is 28.4 Å². The van der Waals surface area contributed by atoms with Crippen molar-refractivity contribution >= 4 is 23.8 Å². The van der Waals surface area contributed by atoms with E-state index in [1.54, 1.807) is 0 Å². The van der Waals surface area contributed by atoms with Gasteiger partial charge < -0.3 is 28.4 Å². The Balaban J connectivity index is 1.61. The molecule has 0 N–H and O–H groups in total. The normalized spacial score (nSPS) is 17.6. The van der Waals surface area contributed by atoms with Crippen LogP contribution in [0.25, 0.3) is 0 Å². The van der Waals surface area contributed by atoms with E-state index in [1.807, 2.05) is 30.3 Å². The van der Waals surface area contributed by atoms with Gasteiger partial charge in [-0.1, -0.05) is 66.7 Å². The lowest BCUT2D eigenvalue weighted by Crippen LogP contribution is -2.24. The molecule has 4 rings (SSSR count). The number of fused-ring (bicyclic) bond motifs is 2. The van der Waals surface area contributed by atoms with Crippen LogP contribution < -0.4 is 25.4 Å². The number of ether oxygens (including phenoxy) is 6. The average Bonchev–Trinajstić information content (AvgIpc) is 2.90. The second-order valence-corrected chi connectivity index (χ2v) is 9.90. The minimum absolute atomic E-state index is 0.466. The van der Waals surface area contributed by atoms with Crippen molar-refractivity contribution in [2.75, 3.05) is 66.1 Å². The molecule has 0 saturated carbocycles. The van der Waals surface area contributed by atoms with Crippen molar-refractivity contribution in [1.29, 1.82) is 0 Å². The molecule has 1 heterocycles. The van der Waals surface area contributed by atoms with Crippen LogP contribution in [0, 0.1) is 0 Å². The Labute approximate surface area is 208 Å². The molecule has 0 unspecified atom stereocenters. The van der Waals surface area contributed by atoms with Gasteiger partial charge in [0.15, 0.2) is 0 Å². The summed E-state index contributed by atoms with van der Waals surface area (Å²) in [6.45, 7) is 5.11. The van der Waals surface area contributed by atoms with Crippen molar-refractivity contribution in [2.24, 2.45) is 0 Å². The van der Waals surface area contributed by atoms with Gasteiger partial charge in [0, 0.05) is 10.6 Å². The predicted molar refractivity (Wildman–Crippen MR) is 139 cm³/mol. The summed E-state index contributed by atoms with van der Waals surface area (Å²) in [5.74, 6) is 1.73. The molecule has 0 atom stereocenters. The van der Waals surface area contributed by atoms with Gasteiger partial charge in [-0.25, -0.2) is 0 Å². The first-order chi connectivity index (χ1) is 17.4. The SMILES string of the molecule is c1ccc(P2c3ccccc3OCCOCCOCCOCCOCCOc3ccccc32)cc1. The van der Waals surface area contributed by atoms with Gasteiger partial charge in [0.2, 0.25) is 0 Å². The van der Waals surface area contributed by atoms with Crippen LogP contribution >= 0.6 is 7.92 Å². The molecule has 0 radical (unpaired) electrons. The van der Waals surface area contributed by atoms with Gasteiger partial charge >= 0.3 is 0 Å². The van der Waals surface area contributed by atoms with E-state index in [0.717, 1.165) is 22.1 Å². The second-order valence-electron chi connectivity index (χ2n) is 7.75. The van der Waals surface area contributed by atoms with E-state index < -0.39 is 7.92 Å². The Morgan fingerprint density at radius 1 is 0.400 bits per heavy atom. The fourth-order valence-corrected chi connectivity index (χ4v) is 6.17. The van der Waals surface area contributed by atoms with Crippen LogP contribution in [-0.4, -0.2) is 66.1 Å². The summed E-state index contributed by atoms with van der Waals surface area (Å²) in [6.07, 6.45) is 0. The summed E-state index contributed by atoms with van der Waals surface area (Å²) >= 11 is 0. The van der Waals surface area contributed by atoms with E-state index in [9.17, 15) is 0 Å². The average molecular weight is 497 g/mol. The molecule has 3 aromatic carbocycles. The van der Waals surface area contributed by atoms with Gasteiger partial charge in [0.25, 0.3) is 0 Å². The van der Waals surface area contributed by atoms with E-state index in [-0.39, 0.29) is 0 Å². The van der Waals surface area contributed by atoms with Gasteiger partial charge in [-0.3, -0.25) is 0 Å². The first kappa shape index (κ1) is 25.6. The third-order valence-electron chi connectivity index (χ3n) is 5.31. The highest BCUT2D eigenvalue weighted by Crippen LogP contribution is 2.39. The maximum Gasteiger partial charge on any atom is 0.127 e. The molecular weight excluding hydrogens is 463 g/mol. The van der Waals surface area contributed by atoms with Gasteiger partial charge in [0.1, 0.15) is 24.7 Å². The van der Waals surface area contributed by atoms with Crippen LogP contribution in [0.3, 0.4) is 0 Å². The molecule has 0 bridgehead atoms. The fraction of sp³-hybridized carbons (Fsp3) is 0.357. The van der Waals surface area contributed by atoms with E-state index in [0.29, 0.717) is 66.1 Å². The van der Waals surface area contributed by atoms with Crippen molar-refractivity contribution in [3.05, 3.63) is 78.9 Å². The van der Waals surface area contributed by atoms with Crippen LogP contribution in [0.15, 0.2) is 78.9 Å². The van der Waals surface area contributed by atoms with Crippen molar-refractivity contribution in [2.45, 2.75) is 0 Å². The Morgan fingerprint density at radius 3 is 1.23 bits per heavy atom. The molecule has 0 spiro atoms. The molecule has 35 heavy (non-hydrogen) atoms. The maximum absolute atomic E-state index is 6.22. The molecular formula is C28H33O6P. The second kappa shape index (κ2) is 14.8. The van der Waals surface area contributed by atoms with Gasteiger partial charge in [0.05, 0.1) is 52.9 Å². The molecule has 0 aromatic heterocycles. The summed E-state index contributed by atoms with van der Waals surface area (Å²) in [7, 11) is -0.911. The lowest BCUT2D eigenvalue weighted by molar-refractivity contribution is -0.00692. The van der Waals surface area contributed by atoms with Gasteiger partial charge in [-0.05, 0) is 25.4 Å². The molecule has 1 aliphatic heterocycles. The Kier molecular flexibility index (Phi) is 10.8. The molecule has 6 nitrogen and oxygen atoms in total. The first-order valence-corrected chi connectivity index (χ1v) is 13.4. The minimum atomic E-state index is -0.911. The minimum Gasteiger partial charge on any atom is -0.490 e. The molecule has 0 amide bonds. The van der Waals surface area contributed by atoms with Crippen molar-refractivity contribution in [3.63, 3.8) is 0 Å². The Hall–Kier alpha value is -2.47. The molecule has 1 aliphatic rings. The van der Waals surface area contributed by atoms with E-state index >= 15 is 0 Å². The number of rotatable bonds is 1. The Morgan fingerprint density at radius 2 is 0.771 bits per heavy atom. The standard InChI is InChI=1S/C28H33O6P/c1-2-8-24(9-3-1)35-27-12-6-4-10-25(27)33-22-20-31-18-16-29-14-15-30-17-19-32-21-23-34-26-11-5-7-13-28(26)35/h1-13H,14-23H2. The van der Waals surface area contributed by atoms with Crippen LogP contribution in [0.5, 0.6) is 11.5 Å². The van der Waals surface area contributed by atoms with E-state index in [1.165, 1.54) is 5.30 Å². The van der Waals surface area contributed by atoms with Crippen molar-refractivity contribution in [1.82, 2.24) is 0 Å². The van der Waals surface area contributed by atoms with Crippen LogP contribution in [0.4, 0.5) is 0 Å². The van der Waals surface area contributed by atoms with E-state index in [2.05, 4.69) is 48.5 Å². The quantitative estimate of drug-likeness (QED) is 0.482. The topological polar surface area (TPSA) is 55.4 Å². The highest BCUT2D eigenvalue weighted by Gasteiger charge is 2.23. The van der Waals surface area contributed by atoms with Crippen LogP contribution in [0.2, 0.25) is 0 Å². The maximum atomic E-state index is 6.22. The van der Waals surface area contributed by atoms with Gasteiger partial charge in [-0.2, -0.15) is 0 Å². The van der Waals surface area contributed by atoms with Crippen LogP contribution in [0.1, 0.15) is 0 Å². The molecule has 186 valence electrons. The summed E-state index contributed by atoms with van der Waals surface area (Å²) < 4.78 is 34.9. The largest absolute Gasteiger partial charge is 0.490 e. The monoisotopic (exact) mass is 496 g/mol. The van der Waals surface area contributed by atoms with Crippen molar-refractivity contribution in [3.8, 4) is 11.5 Å². The lowest BCUT2D eigenvalue weighted by atomic mass is 10.3. The lowest BCUT2D eigenvalue weighted by Gasteiger charge is -2.24. The summed E-state index contributed by atoms with van der Waals surface area (Å²) in [6, 6.07) is 27.1. The summed E-state index contributed by atoms with van der Waals surface area (Å²) in [4.78, 5) is 0. The molecule has 0 fully saturated rings. The zero-order valence-corrected chi connectivity index (χ0v) is 20.9. The number of benzene rings is 3. The third kappa shape index (κ3) is 8.03. The highest BCUT2D eigenvalue weighted by atomic mass is 31.1. The molecule has 7 heteroatoms. The smallest absolute Gasteiger partial charge is 0.127 e. The summed E-state index contributed by atoms with van der Waals surface area (Å²) in [5.41, 5.74) is 0. The fourth-order valence-electron chi connectivity index (χ4n) is 3.70. The molecule has 0 saturated heterocycles.